The molecule has 0 aliphatic rings. The summed E-state index contributed by atoms with van der Waals surface area (Å²) in [6.45, 7) is 20.8. The van der Waals surface area contributed by atoms with Crippen LogP contribution in [-0.4, -0.2) is 30.8 Å². The first kappa shape index (κ1) is 35.4. The predicted molar refractivity (Wildman–Crippen MR) is 187 cm³/mol. The molecule has 0 saturated carbocycles. The third kappa shape index (κ3) is 9.63. The Balaban J connectivity index is 0.000000366. The van der Waals surface area contributed by atoms with E-state index in [1.54, 1.807) is 0 Å². The Morgan fingerprint density at radius 2 is 0.738 bits per heavy atom. The van der Waals surface area contributed by atoms with Gasteiger partial charge in [-0.05, 0) is 79.7 Å². The molecule has 0 atom stereocenters. The van der Waals surface area contributed by atoms with Crippen LogP contribution < -0.4 is 20.4 Å². The third-order valence-corrected chi connectivity index (χ3v) is 9.63. The van der Waals surface area contributed by atoms with Gasteiger partial charge < -0.3 is 15.1 Å². The van der Waals surface area contributed by atoms with Gasteiger partial charge in [0.1, 0.15) is 10.6 Å². The molecule has 42 heavy (non-hydrogen) atoms. The molecule has 229 valence electrons. The molecule has 4 rings (SSSR count). The number of anilines is 2. The fourth-order valence-corrected chi connectivity index (χ4v) is 7.81. The van der Waals surface area contributed by atoms with Crippen molar-refractivity contribution in [3.05, 3.63) is 115 Å². The van der Waals surface area contributed by atoms with E-state index in [9.17, 15) is 0 Å². The van der Waals surface area contributed by atoms with Gasteiger partial charge in [-0.3, -0.25) is 0 Å². The Labute approximate surface area is 268 Å². The van der Waals surface area contributed by atoms with Crippen molar-refractivity contribution in [3.63, 3.8) is 0 Å². The zero-order chi connectivity index (χ0) is 29.9. The van der Waals surface area contributed by atoms with Crippen molar-refractivity contribution in [3.8, 4) is 0 Å². The second kappa shape index (κ2) is 17.4. The first-order valence-corrected chi connectivity index (χ1v) is 17.0. The van der Waals surface area contributed by atoms with E-state index >= 15 is 0 Å². The molecule has 0 amide bonds. The Hall–Kier alpha value is -2.77. The number of nitrogens with zero attached hydrogens (tertiary/aromatic N) is 3. The van der Waals surface area contributed by atoms with Gasteiger partial charge in [-0.15, -0.1) is 11.4 Å². The molecule has 0 heterocycles. The summed E-state index contributed by atoms with van der Waals surface area (Å²) in [7, 11) is -0.909. The van der Waals surface area contributed by atoms with Crippen molar-refractivity contribution in [1.29, 1.82) is 0 Å². The van der Waals surface area contributed by atoms with E-state index in [0.717, 1.165) is 11.4 Å². The standard InChI is InChI=1S/C25H39N2P.C12H10N.Cu/c1-18(2)26(19(3)4)22-14-10-12-16-24(22)28(9)25-17-13-11-15-23(25)27(20(5)6)21(7)8;1-3-7-11(8-4-1)13-12-9-5-2-6-10-12;/h10-21H,1-9H3;1-10H;/q;-1;/p+1. The van der Waals surface area contributed by atoms with Crippen LogP contribution in [0.25, 0.3) is 5.32 Å². The molecule has 0 saturated heterocycles. The topological polar surface area (TPSA) is 20.6 Å². The quantitative estimate of drug-likeness (QED) is 0.128. The maximum absolute atomic E-state index is 4.44. The number of benzene rings is 4. The number of para-hydroxylation sites is 4. The molecule has 0 fully saturated rings. The van der Waals surface area contributed by atoms with Gasteiger partial charge in [0.15, 0.2) is 0 Å². The first-order chi connectivity index (χ1) is 19.6. The largest absolute Gasteiger partial charge is 0.658 e. The molecule has 0 aliphatic carbocycles. The van der Waals surface area contributed by atoms with Crippen LogP contribution in [0, 0.1) is 0 Å². The van der Waals surface area contributed by atoms with E-state index < -0.39 is 7.92 Å². The maximum Gasteiger partial charge on any atom is 0.120 e. The zero-order valence-corrected chi connectivity index (χ0v) is 28.8. The number of rotatable bonds is 10. The molecular formula is C37H50CuN3P. The summed E-state index contributed by atoms with van der Waals surface area (Å²) >= 11 is 0. The van der Waals surface area contributed by atoms with E-state index in [4.69, 9.17) is 0 Å². The first-order valence-electron chi connectivity index (χ1n) is 15.0. The Kier molecular flexibility index (Phi) is 14.7. The SMILES string of the molecule is CC(C)N(c1ccccc1[PH+](C)c1ccccc1N(C(C)C)C(C)C)C(C)C.[Cu].c1ccc([N-]c2ccccc2)cc1. The van der Waals surface area contributed by atoms with Gasteiger partial charge in [-0.1, -0.05) is 84.9 Å². The number of hydrogen-bond donors (Lipinski definition) is 0. The van der Waals surface area contributed by atoms with Crippen molar-refractivity contribution in [1.82, 2.24) is 0 Å². The fourth-order valence-electron chi connectivity index (χ4n) is 5.64. The minimum Gasteiger partial charge on any atom is -0.658 e. The zero-order valence-electron chi connectivity index (χ0n) is 26.8. The second-order valence-corrected chi connectivity index (χ2v) is 14.0. The molecule has 4 aromatic carbocycles. The van der Waals surface area contributed by atoms with Gasteiger partial charge in [0.2, 0.25) is 0 Å². The summed E-state index contributed by atoms with van der Waals surface area (Å²) in [4.78, 5) is 5.13. The molecular weight excluding hydrogens is 581 g/mol. The van der Waals surface area contributed by atoms with Crippen molar-refractivity contribution in [2.45, 2.75) is 79.6 Å². The molecule has 0 unspecified atom stereocenters. The van der Waals surface area contributed by atoms with Crippen molar-refractivity contribution < 1.29 is 17.1 Å². The maximum atomic E-state index is 4.44. The van der Waals surface area contributed by atoms with Gasteiger partial charge >= 0.3 is 0 Å². The average Bonchev–Trinajstić information content (AvgIpc) is 2.94. The monoisotopic (exact) mass is 630 g/mol. The Morgan fingerprint density at radius 1 is 0.452 bits per heavy atom. The summed E-state index contributed by atoms with van der Waals surface area (Å²) in [5, 5.41) is 7.46. The van der Waals surface area contributed by atoms with Gasteiger partial charge in [-0.2, -0.15) is 0 Å². The van der Waals surface area contributed by atoms with E-state index in [1.807, 2.05) is 60.7 Å². The van der Waals surface area contributed by atoms with Crippen LogP contribution in [0.15, 0.2) is 109 Å². The van der Waals surface area contributed by atoms with Crippen LogP contribution >= 0.6 is 7.92 Å². The van der Waals surface area contributed by atoms with Gasteiger partial charge in [0, 0.05) is 41.2 Å². The summed E-state index contributed by atoms with van der Waals surface area (Å²) in [6.07, 6.45) is 0. The van der Waals surface area contributed by atoms with Crippen LogP contribution in [0.4, 0.5) is 22.7 Å². The molecule has 1 radical (unpaired) electrons. The molecule has 0 aromatic heterocycles. The molecule has 0 bridgehead atoms. The summed E-state index contributed by atoms with van der Waals surface area (Å²) in [6, 6.07) is 39.9. The van der Waals surface area contributed by atoms with E-state index in [2.05, 4.69) is 126 Å². The van der Waals surface area contributed by atoms with Gasteiger partial charge in [-0.25, -0.2) is 0 Å². The average molecular weight is 631 g/mol. The molecule has 5 heteroatoms. The normalized spacial score (nSPS) is 10.9. The van der Waals surface area contributed by atoms with E-state index in [-0.39, 0.29) is 17.1 Å². The summed E-state index contributed by atoms with van der Waals surface area (Å²) in [5.41, 5.74) is 4.79. The van der Waals surface area contributed by atoms with Gasteiger partial charge in [0.05, 0.1) is 26.0 Å². The predicted octanol–water partition coefficient (Wildman–Crippen LogP) is 9.75. The molecule has 4 aromatic rings. The Bertz CT molecular complexity index is 1190. The smallest absolute Gasteiger partial charge is 0.120 e. The minimum absolute atomic E-state index is 0. The minimum atomic E-state index is -0.909. The van der Waals surface area contributed by atoms with E-state index in [1.165, 1.54) is 22.0 Å². The van der Waals surface area contributed by atoms with Crippen LogP contribution in [0.2, 0.25) is 0 Å². The van der Waals surface area contributed by atoms with Crippen LogP contribution in [-0.2, 0) is 17.1 Å². The van der Waals surface area contributed by atoms with Crippen LogP contribution in [0.5, 0.6) is 0 Å². The van der Waals surface area contributed by atoms with E-state index in [0.29, 0.717) is 24.2 Å². The number of hydrogen-bond acceptors (Lipinski definition) is 2. The van der Waals surface area contributed by atoms with Crippen LogP contribution in [0.3, 0.4) is 0 Å². The van der Waals surface area contributed by atoms with Crippen LogP contribution in [0.1, 0.15) is 55.4 Å². The summed E-state index contributed by atoms with van der Waals surface area (Å²) < 4.78 is 0. The van der Waals surface area contributed by atoms with Crippen molar-refractivity contribution >= 4 is 41.3 Å². The van der Waals surface area contributed by atoms with Gasteiger partial charge in [0.25, 0.3) is 0 Å². The second-order valence-electron chi connectivity index (χ2n) is 11.6. The Morgan fingerprint density at radius 3 is 1.05 bits per heavy atom. The molecule has 0 N–H and O–H groups in total. The van der Waals surface area contributed by atoms with Crippen molar-refractivity contribution in [2.75, 3.05) is 16.5 Å². The summed E-state index contributed by atoms with van der Waals surface area (Å²) in [5.74, 6) is 0. The molecule has 0 aliphatic heterocycles. The third-order valence-electron chi connectivity index (χ3n) is 7.17. The fraction of sp³-hybridized carbons (Fsp3) is 0.351. The molecule has 0 spiro atoms. The van der Waals surface area contributed by atoms with Crippen molar-refractivity contribution in [2.24, 2.45) is 0 Å². The molecule has 3 nitrogen and oxygen atoms in total.